The Morgan fingerprint density at radius 3 is 2.68 bits per heavy atom. The topological polar surface area (TPSA) is 91.9 Å². The minimum absolute atomic E-state index is 0.0322. The van der Waals surface area contributed by atoms with Crippen molar-refractivity contribution in [2.24, 2.45) is 5.92 Å². The molecule has 3 N–H and O–H groups in total. The third-order valence-corrected chi connectivity index (χ3v) is 5.66. The number of rotatable bonds is 3. The van der Waals surface area contributed by atoms with E-state index < -0.39 is 17.7 Å². The van der Waals surface area contributed by atoms with E-state index in [2.05, 4.69) is 22.9 Å². The summed E-state index contributed by atoms with van der Waals surface area (Å²) >= 11 is 0. The van der Waals surface area contributed by atoms with Crippen LogP contribution < -0.4 is 20.7 Å². The molecule has 0 fully saturated rings. The van der Waals surface area contributed by atoms with Crippen molar-refractivity contribution >= 4 is 23.3 Å². The third-order valence-electron chi connectivity index (χ3n) is 5.66. The first-order valence-corrected chi connectivity index (χ1v) is 11.0. The first-order chi connectivity index (χ1) is 16.2. The number of ether oxygens (including phenoxy) is 2. The zero-order chi connectivity index (χ0) is 24.8. The van der Waals surface area contributed by atoms with Crippen LogP contribution in [0, 0.1) is 17.6 Å². The lowest BCUT2D eigenvalue weighted by Gasteiger charge is -2.30. The number of hydrogen-bond acceptors (Lipinski definition) is 5. The zero-order valence-electron chi connectivity index (χ0n) is 19.7. The molecule has 1 heterocycles. The lowest BCUT2D eigenvalue weighted by Crippen LogP contribution is -2.44. The van der Waals surface area contributed by atoms with E-state index in [0.29, 0.717) is 25.4 Å². The van der Waals surface area contributed by atoms with Gasteiger partial charge in [0.05, 0.1) is 17.4 Å². The first-order valence-electron chi connectivity index (χ1n) is 11.0. The fourth-order valence-corrected chi connectivity index (χ4v) is 3.62. The third kappa shape index (κ3) is 6.42. The van der Waals surface area contributed by atoms with E-state index in [4.69, 9.17) is 9.47 Å². The predicted octanol–water partition coefficient (Wildman–Crippen LogP) is 3.70. The summed E-state index contributed by atoms with van der Waals surface area (Å²) in [5.41, 5.74) is 0.241. The molecule has 2 aromatic carbocycles. The van der Waals surface area contributed by atoms with Crippen molar-refractivity contribution in [3.63, 3.8) is 0 Å². The standard InChI is InChI=1S/C24H30F2N4O4/c1-14-11-27-15(2)13-34-21-8-6-17(10-18(21)23(31)30(3)12-22(14)33-4)28-24(32)29-20-9-16(25)5-7-19(20)26/h5-10,14-15,22,27H,11-13H2,1-4H3,(H2,28,29,32)/t14-,15-,22+/m1/s1. The number of urea groups is 1. The molecule has 0 saturated heterocycles. The van der Waals surface area contributed by atoms with E-state index in [1.165, 1.54) is 6.07 Å². The van der Waals surface area contributed by atoms with Crippen molar-refractivity contribution in [1.29, 1.82) is 0 Å². The number of hydrogen-bond donors (Lipinski definition) is 3. The van der Waals surface area contributed by atoms with Crippen LogP contribution in [-0.4, -0.2) is 62.8 Å². The van der Waals surface area contributed by atoms with Crippen molar-refractivity contribution in [3.8, 4) is 5.75 Å². The van der Waals surface area contributed by atoms with Gasteiger partial charge in [0.25, 0.3) is 5.91 Å². The highest BCUT2D eigenvalue weighted by atomic mass is 19.1. The SMILES string of the molecule is CO[C@H]1CN(C)C(=O)c2cc(NC(=O)Nc3cc(F)ccc3F)ccc2OC[C@@H](C)NC[C@H]1C. The Labute approximate surface area is 197 Å². The highest BCUT2D eigenvalue weighted by molar-refractivity contribution is 6.02. The number of anilines is 2. The maximum absolute atomic E-state index is 13.8. The average molecular weight is 477 g/mol. The lowest BCUT2D eigenvalue weighted by molar-refractivity contribution is 0.0281. The van der Waals surface area contributed by atoms with Crippen LogP contribution in [0.5, 0.6) is 5.75 Å². The van der Waals surface area contributed by atoms with Gasteiger partial charge in [-0.25, -0.2) is 13.6 Å². The number of amides is 3. The summed E-state index contributed by atoms with van der Waals surface area (Å²) in [6, 6.07) is 6.65. The monoisotopic (exact) mass is 476 g/mol. The van der Waals surface area contributed by atoms with E-state index >= 15 is 0 Å². The molecule has 3 rings (SSSR count). The summed E-state index contributed by atoms with van der Waals surface area (Å²) in [5.74, 6) is -1.24. The van der Waals surface area contributed by atoms with Gasteiger partial charge in [-0.3, -0.25) is 4.79 Å². The van der Waals surface area contributed by atoms with E-state index in [1.54, 1.807) is 31.2 Å². The molecule has 0 bridgehead atoms. The van der Waals surface area contributed by atoms with Crippen molar-refractivity contribution in [2.75, 3.05) is 44.5 Å². The Morgan fingerprint density at radius 2 is 1.94 bits per heavy atom. The maximum atomic E-state index is 13.8. The lowest BCUT2D eigenvalue weighted by atomic mass is 10.0. The van der Waals surface area contributed by atoms with Crippen molar-refractivity contribution in [2.45, 2.75) is 26.0 Å². The van der Waals surface area contributed by atoms with Gasteiger partial charge < -0.3 is 30.3 Å². The fraction of sp³-hybridized carbons (Fsp3) is 0.417. The Balaban J connectivity index is 1.83. The van der Waals surface area contributed by atoms with E-state index in [9.17, 15) is 18.4 Å². The van der Waals surface area contributed by atoms with Gasteiger partial charge in [0.2, 0.25) is 0 Å². The molecule has 10 heteroatoms. The summed E-state index contributed by atoms with van der Waals surface area (Å²) in [7, 11) is 3.29. The van der Waals surface area contributed by atoms with Crippen LogP contribution in [-0.2, 0) is 4.74 Å². The van der Waals surface area contributed by atoms with Gasteiger partial charge in [-0.05, 0) is 43.2 Å². The van der Waals surface area contributed by atoms with Crippen LogP contribution in [0.3, 0.4) is 0 Å². The molecule has 0 aromatic heterocycles. The minimum atomic E-state index is -0.787. The average Bonchev–Trinajstić information content (AvgIpc) is 2.81. The second-order valence-corrected chi connectivity index (χ2v) is 8.47. The van der Waals surface area contributed by atoms with Crippen LogP contribution in [0.1, 0.15) is 24.2 Å². The summed E-state index contributed by atoms with van der Waals surface area (Å²) < 4.78 is 38.7. The molecular weight excluding hydrogens is 446 g/mol. The van der Waals surface area contributed by atoms with Crippen LogP contribution >= 0.6 is 0 Å². The van der Waals surface area contributed by atoms with Gasteiger partial charge in [0.15, 0.2) is 0 Å². The molecule has 34 heavy (non-hydrogen) atoms. The molecular formula is C24H30F2N4O4. The smallest absolute Gasteiger partial charge is 0.323 e. The van der Waals surface area contributed by atoms with E-state index in [1.807, 2.05) is 6.92 Å². The number of carbonyl (C=O) groups excluding carboxylic acids is 2. The van der Waals surface area contributed by atoms with Gasteiger partial charge in [0, 0.05) is 45.0 Å². The van der Waals surface area contributed by atoms with Gasteiger partial charge in [-0.2, -0.15) is 0 Å². The molecule has 0 unspecified atom stereocenters. The maximum Gasteiger partial charge on any atom is 0.323 e. The number of fused-ring (bicyclic) bond motifs is 1. The first kappa shape index (κ1) is 25.4. The number of benzene rings is 2. The number of carbonyl (C=O) groups is 2. The summed E-state index contributed by atoms with van der Waals surface area (Å²) in [5, 5.41) is 8.21. The Morgan fingerprint density at radius 1 is 1.18 bits per heavy atom. The van der Waals surface area contributed by atoms with Crippen LogP contribution in [0.2, 0.25) is 0 Å². The van der Waals surface area contributed by atoms with Gasteiger partial charge in [-0.15, -0.1) is 0 Å². The number of likely N-dealkylation sites (N-methyl/N-ethyl adjacent to an activating group) is 1. The molecule has 184 valence electrons. The quantitative estimate of drug-likeness (QED) is 0.628. The molecule has 1 aliphatic heterocycles. The van der Waals surface area contributed by atoms with Gasteiger partial charge in [0.1, 0.15) is 24.0 Å². The molecule has 2 aromatic rings. The van der Waals surface area contributed by atoms with Crippen molar-refractivity contribution in [1.82, 2.24) is 10.2 Å². The highest BCUT2D eigenvalue weighted by Crippen LogP contribution is 2.26. The zero-order valence-corrected chi connectivity index (χ0v) is 19.7. The molecule has 0 spiro atoms. The normalized spacial score (nSPS) is 21.5. The number of nitrogens with zero attached hydrogens (tertiary/aromatic N) is 1. The Kier molecular flexibility index (Phi) is 8.41. The fourth-order valence-electron chi connectivity index (χ4n) is 3.62. The number of nitrogens with one attached hydrogen (secondary N) is 3. The molecule has 3 amide bonds. The Hall–Kier alpha value is -3.24. The molecule has 0 saturated carbocycles. The molecule has 8 nitrogen and oxygen atoms in total. The molecule has 1 aliphatic rings. The molecule has 3 atom stereocenters. The molecule has 0 aliphatic carbocycles. The summed E-state index contributed by atoms with van der Waals surface area (Å²) in [6.45, 7) is 5.44. The second kappa shape index (κ2) is 11.3. The van der Waals surface area contributed by atoms with Crippen molar-refractivity contribution in [3.05, 3.63) is 53.6 Å². The van der Waals surface area contributed by atoms with Crippen molar-refractivity contribution < 1.29 is 27.8 Å². The second-order valence-electron chi connectivity index (χ2n) is 8.47. The highest BCUT2D eigenvalue weighted by Gasteiger charge is 2.25. The van der Waals surface area contributed by atoms with E-state index in [0.717, 1.165) is 18.2 Å². The number of halogens is 2. The van der Waals surface area contributed by atoms with Crippen LogP contribution in [0.25, 0.3) is 0 Å². The molecule has 0 radical (unpaired) electrons. The van der Waals surface area contributed by atoms with Gasteiger partial charge >= 0.3 is 6.03 Å². The van der Waals surface area contributed by atoms with Gasteiger partial charge in [-0.1, -0.05) is 6.92 Å². The summed E-state index contributed by atoms with van der Waals surface area (Å²) in [4.78, 5) is 27.2. The summed E-state index contributed by atoms with van der Waals surface area (Å²) in [6.07, 6.45) is -0.175. The Bertz CT molecular complexity index is 1040. The van der Waals surface area contributed by atoms with Crippen LogP contribution in [0.15, 0.2) is 36.4 Å². The number of methoxy groups -OCH3 is 1. The predicted molar refractivity (Wildman–Crippen MR) is 125 cm³/mol. The van der Waals surface area contributed by atoms with Crippen LogP contribution in [0.4, 0.5) is 25.0 Å². The van der Waals surface area contributed by atoms with E-state index in [-0.39, 0.29) is 40.9 Å². The largest absolute Gasteiger partial charge is 0.491 e. The minimum Gasteiger partial charge on any atom is -0.491 e.